The molecule has 5 nitrogen and oxygen atoms in total. The number of anilines is 1. The van der Waals surface area contributed by atoms with Crippen molar-refractivity contribution in [2.45, 2.75) is 20.0 Å². The molecule has 2 rings (SSSR count). The summed E-state index contributed by atoms with van der Waals surface area (Å²) in [6.45, 7) is 3.24. The Labute approximate surface area is 160 Å². The molecule has 0 bridgehead atoms. The molecule has 138 valence electrons. The smallest absolute Gasteiger partial charge is 0.340 e. The summed E-state index contributed by atoms with van der Waals surface area (Å²) in [5.74, 6) is -1.87. The van der Waals surface area contributed by atoms with Gasteiger partial charge in [0.15, 0.2) is 6.10 Å². The summed E-state index contributed by atoms with van der Waals surface area (Å²) in [5, 5.41) is 2.33. The van der Waals surface area contributed by atoms with Crippen LogP contribution in [-0.4, -0.2) is 25.1 Å². The molecule has 2 aromatic rings. The van der Waals surface area contributed by atoms with E-state index in [1.165, 1.54) is 14.0 Å². The lowest BCUT2D eigenvalue weighted by Crippen LogP contribution is -2.30. The molecule has 0 fully saturated rings. The van der Waals surface area contributed by atoms with E-state index in [1.54, 1.807) is 12.1 Å². The Morgan fingerprint density at radius 1 is 1.15 bits per heavy atom. The highest BCUT2D eigenvalue weighted by atomic mass is 35.5. The third-order valence-electron chi connectivity index (χ3n) is 3.50. The lowest BCUT2D eigenvalue weighted by atomic mass is 10.2. The Hall–Kier alpha value is -2.31. The van der Waals surface area contributed by atoms with Crippen molar-refractivity contribution in [3.05, 3.63) is 57.3 Å². The topological polar surface area (TPSA) is 64.6 Å². The highest BCUT2D eigenvalue weighted by Gasteiger charge is 2.22. The quantitative estimate of drug-likeness (QED) is 0.587. The van der Waals surface area contributed by atoms with Crippen LogP contribution in [0.2, 0.25) is 10.0 Å². The molecule has 1 atom stereocenters. The zero-order valence-corrected chi connectivity index (χ0v) is 15.7. The van der Waals surface area contributed by atoms with E-state index in [1.807, 2.05) is 13.0 Å². The number of hydrogen-bond donors (Lipinski definition) is 1. The van der Waals surface area contributed by atoms with Crippen LogP contribution in [-0.2, 0) is 9.53 Å². The first-order valence-electron chi connectivity index (χ1n) is 7.54. The maximum atomic E-state index is 13.5. The van der Waals surface area contributed by atoms with Gasteiger partial charge in [-0.15, -0.1) is 0 Å². The van der Waals surface area contributed by atoms with Crippen LogP contribution in [0.5, 0.6) is 5.75 Å². The third kappa shape index (κ3) is 4.65. The normalized spacial score (nSPS) is 11.6. The van der Waals surface area contributed by atoms with Crippen LogP contribution in [0.15, 0.2) is 30.3 Å². The third-order valence-corrected chi connectivity index (χ3v) is 4.10. The number of methoxy groups -OCH3 is 1. The molecule has 8 heteroatoms. The highest BCUT2D eigenvalue weighted by Crippen LogP contribution is 2.27. The number of amides is 1. The minimum Gasteiger partial charge on any atom is -0.495 e. The molecule has 0 spiro atoms. The monoisotopic (exact) mass is 399 g/mol. The molecule has 26 heavy (non-hydrogen) atoms. The van der Waals surface area contributed by atoms with Gasteiger partial charge in [-0.3, -0.25) is 4.79 Å². The van der Waals surface area contributed by atoms with Crippen molar-refractivity contribution in [2.75, 3.05) is 12.4 Å². The number of carbonyl (C=O) groups is 2. The van der Waals surface area contributed by atoms with Gasteiger partial charge in [-0.1, -0.05) is 29.3 Å². The second-order valence-electron chi connectivity index (χ2n) is 5.49. The zero-order valence-electron chi connectivity index (χ0n) is 14.2. The van der Waals surface area contributed by atoms with Gasteiger partial charge in [-0.25, -0.2) is 9.18 Å². The first kappa shape index (κ1) is 20.0. The number of halogens is 3. The van der Waals surface area contributed by atoms with Crippen molar-refractivity contribution in [1.82, 2.24) is 0 Å². The first-order chi connectivity index (χ1) is 12.2. The molecular weight excluding hydrogens is 384 g/mol. The van der Waals surface area contributed by atoms with E-state index in [0.29, 0.717) is 11.4 Å². The summed E-state index contributed by atoms with van der Waals surface area (Å²) in [5.41, 5.74) is 1.13. The molecule has 0 aliphatic rings. The molecule has 0 aromatic heterocycles. The minimum absolute atomic E-state index is 0.0747. The van der Waals surface area contributed by atoms with E-state index in [-0.39, 0.29) is 15.6 Å². The average molecular weight is 400 g/mol. The van der Waals surface area contributed by atoms with Crippen LogP contribution in [0.4, 0.5) is 10.1 Å². The average Bonchev–Trinajstić information content (AvgIpc) is 2.58. The summed E-state index contributed by atoms with van der Waals surface area (Å²) in [6.07, 6.45) is -1.15. The van der Waals surface area contributed by atoms with Gasteiger partial charge in [0.25, 0.3) is 5.91 Å². The fraction of sp³-hybridized carbons (Fsp3) is 0.222. The largest absolute Gasteiger partial charge is 0.495 e. The number of nitrogens with one attached hydrogen (secondary N) is 1. The van der Waals surface area contributed by atoms with Crippen LogP contribution in [0, 0.1) is 12.7 Å². The number of ether oxygens (including phenoxy) is 2. The number of benzene rings is 2. The molecule has 0 saturated heterocycles. The Balaban J connectivity index is 2.11. The molecule has 0 saturated carbocycles. The van der Waals surface area contributed by atoms with Gasteiger partial charge in [-0.2, -0.15) is 0 Å². The molecule has 1 amide bonds. The second kappa shape index (κ2) is 8.38. The van der Waals surface area contributed by atoms with E-state index in [4.69, 9.17) is 32.7 Å². The van der Waals surface area contributed by atoms with Crippen molar-refractivity contribution >= 4 is 40.8 Å². The van der Waals surface area contributed by atoms with Crippen molar-refractivity contribution < 1.29 is 23.5 Å². The van der Waals surface area contributed by atoms with Gasteiger partial charge in [0.1, 0.15) is 11.6 Å². The van der Waals surface area contributed by atoms with E-state index in [2.05, 4.69) is 5.32 Å². The zero-order chi connectivity index (χ0) is 19.4. The van der Waals surface area contributed by atoms with Crippen molar-refractivity contribution in [1.29, 1.82) is 0 Å². The Bertz CT molecular complexity index is 857. The number of rotatable bonds is 5. The molecule has 0 aliphatic carbocycles. The molecular formula is C18H16Cl2FNO4. The van der Waals surface area contributed by atoms with E-state index in [0.717, 1.165) is 17.7 Å². The standard InChI is InChI=1S/C18H16Cl2FNO4/c1-9-4-5-16(25-3)15(6-9)22-17(23)10(2)26-18(24)11-7-14(21)13(20)8-12(11)19/h4-8,10H,1-3H3,(H,22,23)/t10-/m0/s1. The van der Waals surface area contributed by atoms with Crippen LogP contribution >= 0.6 is 23.2 Å². The lowest BCUT2D eigenvalue weighted by molar-refractivity contribution is -0.123. The molecule has 2 aromatic carbocycles. The van der Waals surface area contributed by atoms with E-state index >= 15 is 0 Å². The summed E-state index contributed by atoms with van der Waals surface area (Å²) in [7, 11) is 1.47. The fourth-order valence-electron chi connectivity index (χ4n) is 2.11. The molecule has 1 N–H and O–H groups in total. The van der Waals surface area contributed by atoms with Gasteiger partial charge in [-0.05, 0) is 43.7 Å². The van der Waals surface area contributed by atoms with E-state index in [9.17, 15) is 14.0 Å². The summed E-state index contributed by atoms with van der Waals surface area (Å²) in [6, 6.07) is 7.21. The summed E-state index contributed by atoms with van der Waals surface area (Å²) >= 11 is 11.5. The van der Waals surface area contributed by atoms with Crippen molar-refractivity contribution in [3.63, 3.8) is 0 Å². The number of carbonyl (C=O) groups excluding carboxylic acids is 2. The molecule has 0 heterocycles. The van der Waals surface area contributed by atoms with Crippen molar-refractivity contribution in [2.24, 2.45) is 0 Å². The maximum Gasteiger partial charge on any atom is 0.340 e. The molecule has 0 radical (unpaired) electrons. The van der Waals surface area contributed by atoms with Gasteiger partial charge >= 0.3 is 5.97 Å². The minimum atomic E-state index is -1.15. The predicted octanol–water partition coefficient (Wildman–Crippen LogP) is 4.63. The number of esters is 1. The highest BCUT2D eigenvalue weighted by molar-refractivity contribution is 6.36. The SMILES string of the molecule is COc1ccc(C)cc1NC(=O)[C@H](C)OC(=O)c1cc(F)c(Cl)cc1Cl. The van der Waals surface area contributed by atoms with Crippen LogP contribution in [0.1, 0.15) is 22.8 Å². The van der Waals surface area contributed by atoms with Crippen LogP contribution < -0.4 is 10.1 Å². The van der Waals surface area contributed by atoms with Crippen LogP contribution in [0.3, 0.4) is 0 Å². The van der Waals surface area contributed by atoms with E-state index < -0.39 is 23.8 Å². The Morgan fingerprint density at radius 3 is 2.50 bits per heavy atom. The van der Waals surface area contributed by atoms with Crippen molar-refractivity contribution in [3.8, 4) is 5.75 Å². The maximum absolute atomic E-state index is 13.5. The molecule has 0 unspecified atom stereocenters. The fourth-order valence-corrected chi connectivity index (χ4v) is 2.57. The Morgan fingerprint density at radius 2 is 1.85 bits per heavy atom. The van der Waals surface area contributed by atoms with Gasteiger partial charge in [0.05, 0.1) is 28.4 Å². The summed E-state index contributed by atoms with van der Waals surface area (Å²) in [4.78, 5) is 24.4. The number of aryl methyl sites for hydroxylation is 1. The first-order valence-corrected chi connectivity index (χ1v) is 8.29. The predicted molar refractivity (Wildman–Crippen MR) is 97.7 cm³/mol. The van der Waals surface area contributed by atoms with Crippen LogP contribution in [0.25, 0.3) is 0 Å². The van der Waals surface area contributed by atoms with Gasteiger partial charge in [0.2, 0.25) is 0 Å². The van der Waals surface area contributed by atoms with Gasteiger partial charge < -0.3 is 14.8 Å². The second-order valence-corrected chi connectivity index (χ2v) is 6.30. The van der Waals surface area contributed by atoms with Gasteiger partial charge in [0, 0.05) is 0 Å². The number of hydrogen-bond acceptors (Lipinski definition) is 4. The molecule has 0 aliphatic heterocycles. The Kier molecular flexibility index (Phi) is 6.45. The lowest BCUT2D eigenvalue weighted by Gasteiger charge is -2.16. The summed E-state index contributed by atoms with van der Waals surface area (Å²) < 4.78 is 23.8.